The number of rotatable bonds is 4. The molecule has 3 rings (SSSR count). The molecule has 1 N–H and O–H groups in total. The number of ketones is 2. The number of Topliss-reactive ketones (excluding diaryl/α,β-unsaturated/α-hetero) is 2. The molecule has 0 aromatic heterocycles. The van der Waals surface area contributed by atoms with Crippen LogP contribution in [0.15, 0.2) is 71.5 Å². The molecular formula is C20H16N2O4. The highest BCUT2D eigenvalue weighted by Gasteiger charge is 2.31. The summed E-state index contributed by atoms with van der Waals surface area (Å²) in [7, 11) is 0. The van der Waals surface area contributed by atoms with Gasteiger partial charge in [-0.05, 0) is 19.9 Å². The number of carbonyl (C=O) groups excluding carboxylic acids is 2. The van der Waals surface area contributed by atoms with Crippen LogP contribution in [0, 0.1) is 10.1 Å². The Morgan fingerprint density at radius 3 is 2.27 bits per heavy atom. The van der Waals surface area contributed by atoms with E-state index in [9.17, 15) is 19.7 Å². The molecule has 6 heteroatoms. The average molecular weight is 348 g/mol. The fourth-order valence-corrected chi connectivity index (χ4v) is 2.79. The molecule has 0 atom stereocenters. The molecule has 2 aromatic rings. The molecule has 0 spiro atoms. The first-order valence-corrected chi connectivity index (χ1v) is 7.97. The van der Waals surface area contributed by atoms with Crippen LogP contribution < -0.4 is 5.32 Å². The van der Waals surface area contributed by atoms with Crippen molar-refractivity contribution in [2.75, 3.05) is 5.32 Å². The van der Waals surface area contributed by atoms with Crippen molar-refractivity contribution in [2.45, 2.75) is 13.8 Å². The summed E-state index contributed by atoms with van der Waals surface area (Å²) in [6.45, 7) is 3.66. The van der Waals surface area contributed by atoms with Gasteiger partial charge in [-0.2, -0.15) is 0 Å². The van der Waals surface area contributed by atoms with Gasteiger partial charge in [-0.3, -0.25) is 19.7 Å². The third-order valence-corrected chi connectivity index (χ3v) is 3.92. The maximum absolute atomic E-state index is 12.9. The van der Waals surface area contributed by atoms with E-state index < -0.39 is 4.92 Å². The fourth-order valence-electron chi connectivity index (χ4n) is 2.79. The standard InChI is InChI=1S/C20H16N2O4/c1-12(2)10-17-18(21-13-6-5-7-14(11-13)22(25)26)20(24)16-9-4-3-8-15(16)19(17)23/h3-11,21H,1-2H3. The second-order valence-corrected chi connectivity index (χ2v) is 6.15. The van der Waals surface area contributed by atoms with Gasteiger partial charge in [-0.1, -0.05) is 42.0 Å². The van der Waals surface area contributed by atoms with E-state index in [0.717, 1.165) is 5.57 Å². The molecule has 0 aliphatic heterocycles. The van der Waals surface area contributed by atoms with Crippen LogP contribution in [0.4, 0.5) is 11.4 Å². The largest absolute Gasteiger partial charge is 0.352 e. The number of allylic oxidation sites excluding steroid dienone is 4. The highest BCUT2D eigenvalue weighted by atomic mass is 16.6. The molecule has 0 saturated carbocycles. The Labute approximate surface area is 150 Å². The summed E-state index contributed by atoms with van der Waals surface area (Å²) in [5, 5.41) is 13.9. The summed E-state index contributed by atoms with van der Waals surface area (Å²) in [4.78, 5) is 36.3. The monoisotopic (exact) mass is 348 g/mol. The van der Waals surface area contributed by atoms with Gasteiger partial charge in [0, 0.05) is 28.9 Å². The van der Waals surface area contributed by atoms with E-state index in [1.807, 2.05) is 13.8 Å². The molecule has 0 saturated heterocycles. The number of nitro groups is 1. The molecule has 0 amide bonds. The Kier molecular flexibility index (Phi) is 4.49. The SMILES string of the molecule is CC(C)=CC1=C(Nc2cccc([N+](=O)[O-])c2)C(=O)c2ccccc2C1=O. The molecule has 130 valence electrons. The molecule has 0 fully saturated rings. The van der Waals surface area contributed by atoms with Crippen molar-refractivity contribution in [3.05, 3.63) is 92.7 Å². The first-order chi connectivity index (χ1) is 12.4. The van der Waals surface area contributed by atoms with E-state index in [4.69, 9.17) is 0 Å². The smallest absolute Gasteiger partial charge is 0.271 e. The van der Waals surface area contributed by atoms with E-state index in [2.05, 4.69) is 5.32 Å². The number of nitrogens with zero attached hydrogens (tertiary/aromatic N) is 1. The van der Waals surface area contributed by atoms with Gasteiger partial charge < -0.3 is 5.32 Å². The minimum absolute atomic E-state index is 0.102. The van der Waals surface area contributed by atoms with Crippen LogP contribution in [-0.2, 0) is 0 Å². The van der Waals surface area contributed by atoms with Gasteiger partial charge in [0.2, 0.25) is 5.78 Å². The number of hydrogen-bond donors (Lipinski definition) is 1. The molecule has 1 aliphatic carbocycles. The first-order valence-electron chi connectivity index (χ1n) is 7.97. The Balaban J connectivity index is 2.13. The summed E-state index contributed by atoms with van der Waals surface area (Å²) in [5.74, 6) is -0.575. The third kappa shape index (κ3) is 3.17. The number of non-ortho nitro benzene ring substituents is 1. The lowest BCUT2D eigenvalue weighted by molar-refractivity contribution is -0.384. The predicted octanol–water partition coefficient (Wildman–Crippen LogP) is 4.31. The minimum Gasteiger partial charge on any atom is -0.352 e. The Bertz CT molecular complexity index is 998. The maximum atomic E-state index is 12.9. The summed E-state index contributed by atoms with van der Waals surface area (Å²) in [5.41, 5.74) is 2.17. The van der Waals surface area contributed by atoms with Gasteiger partial charge in [-0.25, -0.2) is 0 Å². The van der Waals surface area contributed by atoms with Crippen molar-refractivity contribution < 1.29 is 14.5 Å². The van der Waals surface area contributed by atoms with Crippen LogP contribution >= 0.6 is 0 Å². The second kappa shape index (κ2) is 6.76. The molecular weight excluding hydrogens is 332 g/mol. The van der Waals surface area contributed by atoms with Gasteiger partial charge in [0.05, 0.1) is 16.2 Å². The molecule has 1 aliphatic rings. The topological polar surface area (TPSA) is 89.3 Å². The van der Waals surface area contributed by atoms with Crippen LogP contribution in [0.3, 0.4) is 0 Å². The third-order valence-electron chi connectivity index (χ3n) is 3.92. The number of fused-ring (bicyclic) bond motifs is 1. The van der Waals surface area contributed by atoms with E-state index in [0.29, 0.717) is 16.8 Å². The lowest BCUT2D eigenvalue weighted by atomic mass is 9.86. The second-order valence-electron chi connectivity index (χ2n) is 6.15. The predicted molar refractivity (Wildman–Crippen MR) is 98.3 cm³/mol. The van der Waals surface area contributed by atoms with Gasteiger partial charge >= 0.3 is 0 Å². The molecule has 0 bridgehead atoms. The maximum Gasteiger partial charge on any atom is 0.271 e. The summed E-state index contributed by atoms with van der Waals surface area (Å²) in [6.07, 6.45) is 1.65. The first kappa shape index (κ1) is 17.3. The number of hydrogen-bond acceptors (Lipinski definition) is 5. The van der Waals surface area contributed by atoms with Crippen LogP contribution in [0.5, 0.6) is 0 Å². The number of anilines is 1. The van der Waals surface area contributed by atoms with Crippen molar-refractivity contribution in [3.8, 4) is 0 Å². The van der Waals surface area contributed by atoms with Crippen molar-refractivity contribution in [1.82, 2.24) is 0 Å². The van der Waals surface area contributed by atoms with E-state index in [-0.39, 0.29) is 28.5 Å². The van der Waals surface area contributed by atoms with Crippen LogP contribution in [0.1, 0.15) is 34.6 Å². The van der Waals surface area contributed by atoms with E-state index in [1.54, 1.807) is 36.4 Å². The lowest BCUT2D eigenvalue weighted by Gasteiger charge is -2.20. The number of carbonyl (C=O) groups is 2. The van der Waals surface area contributed by atoms with Crippen molar-refractivity contribution >= 4 is 22.9 Å². The van der Waals surface area contributed by atoms with Gasteiger partial charge in [0.15, 0.2) is 5.78 Å². The quantitative estimate of drug-likeness (QED) is 0.657. The van der Waals surface area contributed by atoms with Crippen molar-refractivity contribution in [1.29, 1.82) is 0 Å². The van der Waals surface area contributed by atoms with E-state index >= 15 is 0 Å². The Morgan fingerprint density at radius 2 is 1.65 bits per heavy atom. The molecule has 6 nitrogen and oxygen atoms in total. The highest BCUT2D eigenvalue weighted by Crippen LogP contribution is 2.29. The fraction of sp³-hybridized carbons (Fsp3) is 0.100. The molecule has 2 aromatic carbocycles. The Morgan fingerprint density at radius 1 is 1.00 bits per heavy atom. The van der Waals surface area contributed by atoms with Crippen LogP contribution in [-0.4, -0.2) is 16.5 Å². The van der Waals surface area contributed by atoms with Crippen molar-refractivity contribution in [2.24, 2.45) is 0 Å². The normalized spacial score (nSPS) is 13.3. The van der Waals surface area contributed by atoms with E-state index in [1.165, 1.54) is 18.2 Å². The lowest BCUT2D eigenvalue weighted by Crippen LogP contribution is -2.25. The average Bonchev–Trinajstić information content (AvgIpc) is 2.62. The molecule has 26 heavy (non-hydrogen) atoms. The summed E-state index contributed by atoms with van der Waals surface area (Å²) >= 11 is 0. The number of benzene rings is 2. The highest BCUT2D eigenvalue weighted by molar-refractivity contribution is 6.28. The number of nitrogens with one attached hydrogen (secondary N) is 1. The minimum atomic E-state index is -0.514. The van der Waals surface area contributed by atoms with Gasteiger partial charge in [0.1, 0.15) is 0 Å². The Hall–Kier alpha value is -3.54. The van der Waals surface area contributed by atoms with Crippen LogP contribution in [0.2, 0.25) is 0 Å². The van der Waals surface area contributed by atoms with Crippen LogP contribution in [0.25, 0.3) is 0 Å². The summed E-state index contributed by atoms with van der Waals surface area (Å²) in [6, 6.07) is 12.4. The zero-order chi connectivity index (χ0) is 18.8. The zero-order valence-electron chi connectivity index (χ0n) is 14.3. The van der Waals surface area contributed by atoms with Gasteiger partial charge in [0.25, 0.3) is 5.69 Å². The molecule has 0 unspecified atom stereocenters. The number of nitro benzene ring substituents is 1. The molecule has 0 heterocycles. The van der Waals surface area contributed by atoms with Crippen molar-refractivity contribution in [3.63, 3.8) is 0 Å². The van der Waals surface area contributed by atoms with Gasteiger partial charge in [-0.15, -0.1) is 0 Å². The summed E-state index contributed by atoms with van der Waals surface area (Å²) < 4.78 is 0. The molecule has 0 radical (unpaired) electrons. The zero-order valence-corrected chi connectivity index (χ0v) is 14.3.